The molecule has 0 aliphatic carbocycles. The summed E-state index contributed by atoms with van der Waals surface area (Å²) in [5.74, 6) is 1.21. The second-order valence-electron chi connectivity index (χ2n) is 13.0. The smallest absolute Gasteiger partial charge is 0.249 e. The molecule has 0 amide bonds. The van der Waals surface area contributed by atoms with E-state index in [0.717, 1.165) is 5.69 Å². The molecule has 1 aromatic heterocycles. The molecular formula is C41H31BN4. The number of aromatic nitrogens is 1. The lowest BCUT2D eigenvalue weighted by atomic mass is 9.35. The monoisotopic (exact) mass is 590 g/mol. The average Bonchev–Trinajstić information content (AvgIpc) is 3.57. The zero-order chi connectivity index (χ0) is 30.6. The topological polar surface area (TPSA) is 14.7 Å². The Morgan fingerprint density at radius 3 is 1.83 bits per heavy atom. The maximum atomic E-state index is 2.59. The molecule has 0 spiro atoms. The van der Waals surface area contributed by atoms with Crippen LogP contribution in [0.1, 0.15) is 13.8 Å². The van der Waals surface area contributed by atoms with Crippen LogP contribution in [0.3, 0.4) is 0 Å². The highest BCUT2D eigenvalue weighted by molar-refractivity contribution is 6.99. The molecule has 6 aromatic carbocycles. The highest BCUT2D eigenvalue weighted by atomic mass is 15.5. The molecule has 3 aliphatic heterocycles. The first-order chi connectivity index (χ1) is 22.6. The Morgan fingerprint density at radius 2 is 1.09 bits per heavy atom. The van der Waals surface area contributed by atoms with Crippen molar-refractivity contribution in [3.8, 4) is 5.69 Å². The summed E-state index contributed by atoms with van der Waals surface area (Å²) in [7, 11) is 0. The number of hydrogen-bond donors (Lipinski definition) is 0. The molecule has 0 saturated carbocycles. The highest BCUT2D eigenvalue weighted by Crippen LogP contribution is 2.63. The van der Waals surface area contributed by atoms with Gasteiger partial charge in [-0.3, -0.25) is 9.47 Å². The Labute approximate surface area is 269 Å². The molecule has 7 aromatic rings. The molecule has 0 saturated heterocycles. The Hall–Kier alpha value is -5.68. The van der Waals surface area contributed by atoms with E-state index in [9.17, 15) is 0 Å². The average molecular weight is 591 g/mol. The van der Waals surface area contributed by atoms with Crippen molar-refractivity contribution >= 4 is 73.9 Å². The fourth-order valence-corrected chi connectivity index (χ4v) is 8.51. The number of anilines is 7. The van der Waals surface area contributed by atoms with Gasteiger partial charge in [-0.15, -0.1) is 0 Å². The number of nitrogens with zero attached hydrogens (tertiary/aromatic N) is 4. The number of rotatable bonds is 3. The van der Waals surface area contributed by atoms with Crippen LogP contribution < -0.4 is 31.1 Å². The van der Waals surface area contributed by atoms with Crippen molar-refractivity contribution < 1.29 is 0 Å². The third-order valence-electron chi connectivity index (χ3n) is 10.2. The first-order valence-electron chi connectivity index (χ1n) is 16.1. The van der Waals surface area contributed by atoms with Crippen molar-refractivity contribution in [2.45, 2.75) is 19.5 Å². The van der Waals surface area contributed by atoms with E-state index >= 15 is 0 Å². The standard InChI is InChI=1S/C41H31BN4/c1-41(2)45(30-20-10-5-11-21-30)36-27-15-25-34-39(36)46(41)35-26-14-23-32-38(35)44(34)40-37(42(32)28-16-6-3-7-17-28)31-22-12-13-24-33(31)43(40)29-18-8-4-9-19-29/h3-27H,1-2H3. The summed E-state index contributed by atoms with van der Waals surface area (Å²) in [6.45, 7) is 4.77. The van der Waals surface area contributed by atoms with E-state index in [1.54, 1.807) is 0 Å². The summed E-state index contributed by atoms with van der Waals surface area (Å²) < 4.78 is 2.49. The van der Waals surface area contributed by atoms with Gasteiger partial charge in [0.2, 0.25) is 6.71 Å². The molecule has 0 bridgehead atoms. The van der Waals surface area contributed by atoms with E-state index < -0.39 is 0 Å². The molecule has 218 valence electrons. The summed E-state index contributed by atoms with van der Waals surface area (Å²) in [6.07, 6.45) is 0. The van der Waals surface area contributed by atoms with Gasteiger partial charge >= 0.3 is 0 Å². The van der Waals surface area contributed by atoms with Crippen LogP contribution in [0.2, 0.25) is 0 Å². The summed E-state index contributed by atoms with van der Waals surface area (Å²) >= 11 is 0. The molecule has 4 nitrogen and oxygen atoms in total. The summed E-state index contributed by atoms with van der Waals surface area (Å²) in [4.78, 5) is 7.67. The minimum Gasteiger partial charge on any atom is -0.316 e. The van der Waals surface area contributed by atoms with E-state index in [1.807, 2.05) is 0 Å². The fraction of sp³-hybridized carbons (Fsp3) is 0.0732. The molecule has 46 heavy (non-hydrogen) atoms. The van der Waals surface area contributed by atoms with Gasteiger partial charge in [0.1, 0.15) is 11.5 Å². The first kappa shape index (κ1) is 25.6. The van der Waals surface area contributed by atoms with Crippen LogP contribution in [0.5, 0.6) is 0 Å². The Balaban J connectivity index is 1.37. The molecule has 0 radical (unpaired) electrons. The van der Waals surface area contributed by atoms with Crippen molar-refractivity contribution in [1.82, 2.24) is 4.57 Å². The minimum absolute atomic E-state index is 0.0675. The van der Waals surface area contributed by atoms with Gasteiger partial charge in [0.25, 0.3) is 0 Å². The first-order valence-corrected chi connectivity index (χ1v) is 16.1. The second-order valence-corrected chi connectivity index (χ2v) is 13.0. The third kappa shape index (κ3) is 3.19. The lowest BCUT2D eigenvalue weighted by Crippen LogP contribution is -2.58. The van der Waals surface area contributed by atoms with Crippen molar-refractivity contribution in [1.29, 1.82) is 0 Å². The van der Waals surface area contributed by atoms with E-state index in [2.05, 4.69) is 185 Å². The van der Waals surface area contributed by atoms with Crippen LogP contribution in [0, 0.1) is 0 Å². The maximum absolute atomic E-state index is 2.59. The van der Waals surface area contributed by atoms with Crippen LogP contribution in [0.15, 0.2) is 152 Å². The van der Waals surface area contributed by atoms with Crippen LogP contribution >= 0.6 is 0 Å². The number of fused-ring (bicyclic) bond motifs is 6. The summed E-state index contributed by atoms with van der Waals surface area (Å²) in [6, 6.07) is 55.5. The number of hydrogen-bond acceptors (Lipinski definition) is 3. The van der Waals surface area contributed by atoms with Gasteiger partial charge in [0, 0.05) is 11.4 Å². The summed E-state index contributed by atoms with van der Waals surface area (Å²) in [5.41, 5.74) is 13.4. The molecule has 5 heteroatoms. The van der Waals surface area contributed by atoms with Gasteiger partial charge in [-0.05, 0) is 78.7 Å². The molecule has 0 fully saturated rings. The van der Waals surface area contributed by atoms with Crippen LogP contribution in [0.25, 0.3) is 16.6 Å². The van der Waals surface area contributed by atoms with Gasteiger partial charge in [0.05, 0.1) is 34.0 Å². The van der Waals surface area contributed by atoms with E-state index in [-0.39, 0.29) is 12.4 Å². The molecule has 4 heterocycles. The molecule has 0 unspecified atom stereocenters. The van der Waals surface area contributed by atoms with Crippen molar-refractivity contribution in [2.75, 3.05) is 14.7 Å². The third-order valence-corrected chi connectivity index (χ3v) is 10.2. The number of para-hydroxylation sites is 5. The number of benzene rings is 6. The Morgan fingerprint density at radius 1 is 0.500 bits per heavy atom. The van der Waals surface area contributed by atoms with E-state index in [0.29, 0.717) is 0 Å². The highest BCUT2D eigenvalue weighted by Gasteiger charge is 2.52. The minimum atomic E-state index is -0.352. The van der Waals surface area contributed by atoms with Gasteiger partial charge in [0.15, 0.2) is 0 Å². The largest absolute Gasteiger partial charge is 0.316 e. The van der Waals surface area contributed by atoms with E-state index in [1.165, 1.54) is 67.2 Å². The van der Waals surface area contributed by atoms with E-state index in [4.69, 9.17) is 0 Å². The Kier molecular flexibility index (Phi) is 5.11. The maximum Gasteiger partial charge on any atom is 0.249 e. The zero-order valence-corrected chi connectivity index (χ0v) is 25.8. The normalized spacial score (nSPS) is 15.2. The summed E-state index contributed by atoms with van der Waals surface area (Å²) in [5, 5.41) is 1.28. The van der Waals surface area contributed by atoms with Crippen molar-refractivity contribution in [3.63, 3.8) is 0 Å². The van der Waals surface area contributed by atoms with Crippen molar-refractivity contribution in [2.24, 2.45) is 0 Å². The quantitative estimate of drug-likeness (QED) is 0.193. The van der Waals surface area contributed by atoms with Gasteiger partial charge in [-0.25, -0.2) is 0 Å². The van der Waals surface area contributed by atoms with Crippen LogP contribution in [0.4, 0.5) is 39.9 Å². The molecular weight excluding hydrogens is 559 g/mol. The SMILES string of the molecule is CC1(C)N(c2ccccc2)c2cccc3c2N1c1cccc2c1N3c1c(c3ccccc3n1-c1ccccc1)B2c1ccccc1. The predicted octanol–water partition coefficient (Wildman–Crippen LogP) is 8.27. The van der Waals surface area contributed by atoms with Gasteiger partial charge in [-0.2, -0.15) is 0 Å². The Bertz CT molecular complexity index is 2310. The van der Waals surface area contributed by atoms with Crippen LogP contribution in [-0.4, -0.2) is 16.9 Å². The zero-order valence-electron chi connectivity index (χ0n) is 25.8. The second kappa shape index (κ2) is 9.18. The lowest BCUT2D eigenvalue weighted by molar-refractivity contribution is 0.539. The molecule has 0 N–H and O–H groups in total. The molecule has 10 rings (SSSR count). The predicted molar refractivity (Wildman–Crippen MR) is 194 cm³/mol. The molecule has 3 aliphatic rings. The molecule has 0 atom stereocenters. The van der Waals surface area contributed by atoms with Gasteiger partial charge in [-0.1, -0.05) is 109 Å². The lowest BCUT2D eigenvalue weighted by Gasteiger charge is -2.47. The van der Waals surface area contributed by atoms with Crippen LogP contribution in [-0.2, 0) is 0 Å². The fourth-order valence-electron chi connectivity index (χ4n) is 8.51. The van der Waals surface area contributed by atoms with Crippen molar-refractivity contribution in [3.05, 3.63) is 152 Å². The van der Waals surface area contributed by atoms with Gasteiger partial charge < -0.3 is 9.80 Å².